The maximum atomic E-state index is 11.9. The van der Waals surface area contributed by atoms with Gasteiger partial charge in [-0.1, -0.05) is 0 Å². The van der Waals surface area contributed by atoms with Gasteiger partial charge in [-0.25, -0.2) is 0 Å². The molecule has 5 heteroatoms. The summed E-state index contributed by atoms with van der Waals surface area (Å²) in [7, 11) is 0. The molecule has 22 heavy (non-hydrogen) atoms. The topological polar surface area (TPSA) is 70.7 Å². The molecule has 108 valence electrons. The summed E-state index contributed by atoms with van der Waals surface area (Å²) in [5, 5.41) is 2.86. The number of hydrogen-bond donors (Lipinski definition) is 2. The predicted octanol–water partition coefficient (Wildman–Crippen LogP) is 2.42. The molecule has 4 heterocycles. The molecule has 5 nitrogen and oxygen atoms in total. The second kappa shape index (κ2) is 5.11. The highest BCUT2D eigenvalue weighted by Crippen LogP contribution is 2.26. The highest BCUT2D eigenvalue weighted by atomic mass is 16.1. The van der Waals surface area contributed by atoms with Gasteiger partial charge in [0.05, 0.1) is 11.3 Å². The minimum Gasteiger partial charge on any atom is -0.358 e. The lowest BCUT2D eigenvalue weighted by Crippen LogP contribution is -2.31. The second-order valence-corrected chi connectivity index (χ2v) is 5.25. The van der Waals surface area contributed by atoms with Crippen LogP contribution in [0.2, 0.25) is 0 Å². The van der Waals surface area contributed by atoms with Gasteiger partial charge in [0.1, 0.15) is 0 Å². The van der Waals surface area contributed by atoms with Gasteiger partial charge in [0.2, 0.25) is 0 Å². The number of nitrogens with zero attached hydrogens (tertiary/aromatic N) is 2. The number of rotatable bonds is 2. The van der Waals surface area contributed by atoms with Crippen LogP contribution in [-0.4, -0.2) is 27.4 Å². The van der Waals surface area contributed by atoms with E-state index < -0.39 is 0 Å². The van der Waals surface area contributed by atoms with Crippen molar-refractivity contribution in [1.82, 2.24) is 20.3 Å². The summed E-state index contributed by atoms with van der Waals surface area (Å²) in [5.74, 6) is -0.00726. The van der Waals surface area contributed by atoms with Crippen molar-refractivity contribution in [1.29, 1.82) is 0 Å². The smallest absolute Gasteiger partial charge is 0.253 e. The molecule has 1 amide bonds. The number of hydrogen-bond acceptors (Lipinski definition) is 3. The van der Waals surface area contributed by atoms with Crippen molar-refractivity contribution >= 4 is 5.91 Å². The molecule has 0 saturated carbocycles. The van der Waals surface area contributed by atoms with E-state index in [4.69, 9.17) is 0 Å². The maximum absolute atomic E-state index is 11.9. The van der Waals surface area contributed by atoms with Gasteiger partial charge in [0, 0.05) is 54.1 Å². The van der Waals surface area contributed by atoms with Crippen molar-refractivity contribution in [2.45, 2.75) is 6.42 Å². The number of pyridine rings is 2. The van der Waals surface area contributed by atoms with Crippen molar-refractivity contribution in [2.75, 3.05) is 6.54 Å². The van der Waals surface area contributed by atoms with E-state index in [1.807, 2.05) is 30.3 Å². The Balaban J connectivity index is 1.76. The van der Waals surface area contributed by atoms with E-state index in [0.717, 1.165) is 40.2 Å². The maximum Gasteiger partial charge on any atom is 0.253 e. The fourth-order valence-corrected chi connectivity index (χ4v) is 2.73. The first-order chi connectivity index (χ1) is 10.8. The summed E-state index contributed by atoms with van der Waals surface area (Å²) in [6.45, 7) is 0.685. The van der Waals surface area contributed by atoms with Gasteiger partial charge >= 0.3 is 0 Å². The fourth-order valence-electron chi connectivity index (χ4n) is 2.73. The van der Waals surface area contributed by atoms with Crippen LogP contribution in [0.5, 0.6) is 0 Å². The summed E-state index contributed by atoms with van der Waals surface area (Å²) in [6, 6.07) is 9.73. The highest BCUT2D eigenvalue weighted by molar-refractivity contribution is 5.97. The van der Waals surface area contributed by atoms with Crippen LogP contribution in [0, 0.1) is 0 Å². The van der Waals surface area contributed by atoms with Crippen LogP contribution < -0.4 is 5.32 Å². The molecule has 3 aromatic heterocycles. The number of aromatic nitrogens is 3. The first kappa shape index (κ1) is 12.8. The van der Waals surface area contributed by atoms with E-state index in [-0.39, 0.29) is 5.91 Å². The quantitative estimate of drug-likeness (QED) is 0.761. The Hall–Kier alpha value is -2.95. The summed E-state index contributed by atoms with van der Waals surface area (Å²) in [4.78, 5) is 23.7. The summed E-state index contributed by atoms with van der Waals surface area (Å²) < 4.78 is 0. The summed E-state index contributed by atoms with van der Waals surface area (Å²) >= 11 is 0. The lowest BCUT2D eigenvalue weighted by atomic mass is 10.1. The molecule has 0 radical (unpaired) electrons. The first-order valence-electron chi connectivity index (χ1n) is 7.18. The minimum absolute atomic E-state index is 0.00726. The monoisotopic (exact) mass is 290 g/mol. The molecular weight excluding hydrogens is 276 g/mol. The number of aromatic amines is 1. The van der Waals surface area contributed by atoms with Crippen LogP contribution in [0.25, 0.3) is 22.5 Å². The zero-order valence-corrected chi connectivity index (χ0v) is 11.8. The van der Waals surface area contributed by atoms with Gasteiger partial charge in [-0.15, -0.1) is 0 Å². The number of H-pyrrole nitrogens is 1. The third-order valence-electron chi connectivity index (χ3n) is 3.85. The summed E-state index contributed by atoms with van der Waals surface area (Å²) in [6.07, 6.45) is 6.12. The van der Waals surface area contributed by atoms with Crippen LogP contribution in [0.4, 0.5) is 0 Å². The normalized spacial score (nSPS) is 13.5. The molecular formula is C17H14N4O. The second-order valence-electron chi connectivity index (χ2n) is 5.25. The Morgan fingerprint density at radius 1 is 1.00 bits per heavy atom. The third kappa shape index (κ3) is 2.16. The lowest BCUT2D eigenvalue weighted by Gasteiger charge is -2.10. The van der Waals surface area contributed by atoms with Crippen molar-refractivity contribution in [3.8, 4) is 22.5 Å². The lowest BCUT2D eigenvalue weighted by molar-refractivity contribution is 0.0946. The van der Waals surface area contributed by atoms with Crippen LogP contribution in [-0.2, 0) is 6.42 Å². The van der Waals surface area contributed by atoms with E-state index in [2.05, 4.69) is 20.3 Å². The van der Waals surface area contributed by atoms with Crippen molar-refractivity contribution < 1.29 is 4.79 Å². The van der Waals surface area contributed by atoms with E-state index in [9.17, 15) is 4.79 Å². The van der Waals surface area contributed by atoms with Crippen LogP contribution in [0.15, 0.2) is 48.9 Å². The van der Waals surface area contributed by atoms with Gasteiger partial charge in [-0.3, -0.25) is 14.8 Å². The van der Waals surface area contributed by atoms with Crippen molar-refractivity contribution in [3.05, 3.63) is 60.2 Å². The van der Waals surface area contributed by atoms with Crippen molar-refractivity contribution in [2.24, 2.45) is 0 Å². The SMILES string of the molecule is O=C1NCCc2[nH]c(-c3ccnc(-c4ccncc4)c3)cc21. The van der Waals surface area contributed by atoms with Gasteiger partial charge < -0.3 is 10.3 Å². The van der Waals surface area contributed by atoms with E-state index in [1.165, 1.54) is 0 Å². The average Bonchev–Trinajstić information content (AvgIpc) is 3.02. The van der Waals surface area contributed by atoms with Crippen LogP contribution >= 0.6 is 0 Å². The number of carbonyl (C=O) groups is 1. The molecule has 0 bridgehead atoms. The van der Waals surface area contributed by atoms with E-state index >= 15 is 0 Å². The van der Waals surface area contributed by atoms with E-state index in [0.29, 0.717) is 6.54 Å². The number of nitrogens with one attached hydrogen (secondary N) is 2. The largest absolute Gasteiger partial charge is 0.358 e. The molecule has 0 unspecified atom stereocenters. The van der Waals surface area contributed by atoms with Gasteiger partial charge in [-0.05, 0) is 30.3 Å². The number of fused-ring (bicyclic) bond motifs is 1. The predicted molar refractivity (Wildman–Crippen MR) is 83.3 cm³/mol. The molecule has 0 aromatic carbocycles. The van der Waals surface area contributed by atoms with Gasteiger partial charge in [-0.2, -0.15) is 0 Å². The Morgan fingerprint density at radius 3 is 2.64 bits per heavy atom. The van der Waals surface area contributed by atoms with Crippen LogP contribution in [0.3, 0.4) is 0 Å². The Kier molecular flexibility index (Phi) is 2.96. The van der Waals surface area contributed by atoms with Gasteiger partial charge in [0.15, 0.2) is 0 Å². The Labute approximate surface area is 127 Å². The zero-order valence-electron chi connectivity index (χ0n) is 11.8. The average molecular weight is 290 g/mol. The summed E-state index contributed by atoms with van der Waals surface area (Å²) in [5.41, 5.74) is 5.61. The molecule has 4 rings (SSSR count). The van der Waals surface area contributed by atoms with Gasteiger partial charge in [0.25, 0.3) is 5.91 Å². The minimum atomic E-state index is -0.00726. The highest BCUT2D eigenvalue weighted by Gasteiger charge is 2.20. The van der Waals surface area contributed by atoms with E-state index in [1.54, 1.807) is 18.6 Å². The Bertz CT molecular complexity index is 839. The third-order valence-corrected chi connectivity index (χ3v) is 3.85. The fraction of sp³-hybridized carbons (Fsp3) is 0.118. The molecule has 0 fully saturated rings. The molecule has 0 spiro atoms. The standard InChI is InChI=1S/C17H14N4O/c22-17-13-10-16(21-14(13)4-8-20-17)12-3-7-19-15(9-12)11-1-5-18-6-2-11/h1-3,5-7,9-10,21H,4,8H2,(H,20,22). The zero-order chi connectivity index (χ0) is 14.9. The van der Waals surface area contributed by atoms with Crippen molar-refractivity contribution in [3.63, 3.8) is 0 Å². The molecule has 1 aliphatic heterocycles. The van der Waals surface area contributed by atoms with Crippen LogP contribution in [0.1, 0.15) is 16.1 Å². The first-order valence-corrected chi connectivity index (χ1v) is 7.18. The molecule has 0 atom stereocenters. The number of amides is 1. The molecule has 3 aromatic rings. The Morgan fingerprint density at radius 2 is 1.82 bits per heavy atom. The molecule has 0 saturated heterocycles. The molecule has 0 aliphatic carbocycles. The molecule has 1 aliphatic rings. The number of carbonyl (C=O) groups excluding carboxylic acids is 1. The molecule has 2 N–H and O–H groups in total.